The van der Waals surface area contributed by atoms with Gasteiger partial charge in [0.1, 0.15) is 5.82 Å². The third kappa shape index (κ3) is 3.52. The second-order valence-electron chi connectivity index (χ2n) is 6.47. The van der Waals surface area contributed by atoms with E-state index >= 15 is 0 Å². The fourth-order valence-electron chi connectivity index (χ4n) is 3.17. The maximum atomic E-state index is 12.4. The van der Waals surface area contributed by atoms with Gasteiger partial charge in [-0.15, -0.1) is 0 Å². The van der Waals surface area contributed by atoms with Crippen LogP contribution in [0.15, 0.2) is 41.3 Å². The van der Waals surface area contributed by atoms with Gasteiger partial charge in [0.05, 0.1) is 29.3 Å². The molecule has 8 nitrogen and oxygen atoms in total. The number of carbonyl (C=O) groups is 1. The van der Waals surface area contributed by atoms with E-state index in [0.717, 1.165) is 30.8 Å². The van der Waals surface area contributed by atoms with Crippen molar-refractivity contribution in [2.24, 2.45) is 7.05 Å². The summed E-state index contributed by atoms with van der Waals surface area (Å²) in [5, 5.41) is 9.37. The molecule has 3 aromatic rings. The van der Waals surface area contributed by atoms with Crippen LogP contribution in [-0.4, -0.2) is 27.1 Å². The van der Waals surface area contributed by atoms with E-state index in [1.807, 2.05) is 12.1 Å². The lowest BCUT2D eigenvalue weighted by Gasteiger charge is -2.17. The standard InChI is InChI=1S/C19H20N6O2/c1-25-17(24-16-5-3-2-4-14(16)18(25)26)11-22-19(27)23-13-8-12-9-20-7-6-15(12)21-10-13/h2-5,8,10,20H,6-7,9,11H2,1H3,(H2,22,23,27). The van der Waals surface area contributed by atoms with Gasteiger partial charge in [-0.25, -0.2) is 9.78 Å². The highest BCUT2D eigenvalue weighted by atomic mass is 16.2. The zero-order valence-electron chi connectivity index (χ0n) is 15.0. The summed E-state index contributed by atoms with van der Waals surface area (Å²) in [6.07, 6.45) is 2.55. The van der Waals surface area contributed by atoms with Gasteiger partial charge in [-0.3, -0.25) is 14.3 Å². The maximum absolute atomic E-state index is 12.4. The van der Waals surface area contributed by atoms with Crippen molar-refractivity contribution in [2.75, 3.05) is 11.9 Å². The topological polar surface area (TPSA) is 101 Å². The van der Waals surface area contributed by atoms with Crippen LogP contribution in [0, 0.1) is 0 Å². The number of amides is 2. The molecule has 1 aromatic carbocycles. The van der Waals surface area contributed by atoms with Gasteiger partial charge in [-0.05, 0) is 23.8 Å². The monoisotopic (exact) mass is 364 g/mol. The first-order valence-electron chi connectivity index (χ1n) is 8.80. The molecule has 4 rings (SSSR count). The smallest absolute Gasteiger partial charge is 0.319 e. The number of aromatic nitrogens is 3. The summed E-state index contributed by atoms with van der Waals surface area (Å²) < 4.78 is 1.45. The summed E-state index contributed by atoms with van der Waals surface area (Å²) in [5.41, 5.74) is 3.27. The van der Waals surface area contributed by atoms with E-state index in [9.17, 15) is 9.59 Å². The van der Waals surface area contributed by atoms with E-state index in [-0.39, 0.29) is 18.1 Å². The average Bonchev–Trinajstić information content (AvgIpc) is 2.69. The normalized spacial score (nSPS) is 13.2. The number of pyridine rings is 1. The highest BCUT2D eigenvalue weighted by Crippen LogP contribution is 2.16. The van der Waals surface area contributed by atoms with Crippen LogP contribution in [0.1, 0.15) is 17.1 Å². The van der Waals surface area contributed by atoms with Crippen molar-refractivity contribution in [1.29, 1.82) is 0 Å². The molecule has 1 aliphatic rings. The van der Waals surface area contributed by atoms with Crippen LogP contribution in [-0.2, 0) is 26.6 Å². The van der Waals surface area contributed by atoms with E-state index in [0.29, 0.717) is 22.4 Å². The van der Waals surface area contributed by atoms with Gasteiger partial charge >= 0.3 is 6.03 Å². The summed E-state index contributed by atoms with van der Waals surface area (Å²) in [6.45, 7) is 1.82. The molecule has 0 unspecified atom stereocenters. The fraction of sp³-hybridized carbons (Fsp3) is 0.263. The molecule has 2 aromatic heterocycles. The molecule has 3 heterocycles. The van der Waals surface area contributed by atoms with Crippen molar-refractivity contribution in [3.05, 3.63) is 64.0 Å². The van der Waals surface area contributed by atoms with Gasteiger partial charge in [-0.1, -0.05) is 12.1 Å². The molecular formula is C19H20N6O2. The Morgan fingerprint density at radius 2 is 2.19 bits per heavy atom. The molecule has 1 aliphatic heterocycles. The van der Waals surface area contributed by atoms with Crippen LogP contribution in [0.3, 0.4) is 0 Å². The van der Waals surface area contributed by atoms with Crippen molar-refractivity contribution in [3.63, 3.8) is 0 Å². The number of anilines is 1. The number of rotatable bonds is 3. The Morgan fingerprint density at radius 3 is 3.07 bits per heavy atom. The number of hydrogen-bond acceptors (Lipinski definition) is 5. The molecule has 0 aliphatic carbocycles. The summed E-state index contributed by atoms with van der Waals surface area (Å²) in [6, 6.07) is 8.72. The molecule has 2 amide bonds. The SMILES string of the molecule is Cn1c(CNC(=O)Nc2cnc3c(c2)CNCC3)nc2ccccc2c1=O. The quantitative estimate of drug-likeness (QED) is 0.650. The van der Waals surface area contributed by atoms with Gasteiger partial charge in [0.15, 0.2) is 0 Å². The van der Waals surface area contributed by atoms with Crippen LogP contribution in [0.4, 0.5) is 10.5 Å². The van der Waals surface area contributed by atoms with Crippen LogP contribution in [0.5, 0.6) is 0 Å². The summed E-state index contributed by atoms with van der Waals surface area (Å²) in [7, 11) is 1.65. The van der Waals surface area contributed by atoms with E-state index in [1.165, 1.54) is 4.57 Å². The first kappa shape index (κ1) is 17.2. The van der Waals surface area contributed by atoms with Crippen LogP contribution in [0.25, 0.3) is 10.9 Å². The Morgan fingerprint density at radius 1 is 1.33 bits per heavy atom. The van der Waals surface area contributed by atoms with Crippen molar-refractivity contribution < 1.29 is 4.79 Å². The lowest BCUT2D eigenvalue weighted by atomic mass is 10.1. The highest BCUT2D eigenvalue weighted by Gasteiger charge is 2.12. The zero-order valence-corrected chi connectivity index (χ0v) is 15.0. The first-order chi connectivity index (χ1) is 13.1. The van der Waals surface area contributed by atoms with Crippen molar-refractivity contribution in [1.82, 2.24) is 25.2 Å². The second kappa shape index (κ2) is 7.16. The molecule has 3 N–H and O–H groups in total. The molecule has 0 spiro atoms. The lowest BCUT2D eigenvalue weighted by molar-refractivity contribution is 0.251. The summed E-state index contributed by atoms with van der Waals surface area (Å²) in [4.78, 5) is 33.5. The summed E-state index contributed by atoms with van der Waals surface area (Å²) in [5.74, 6) is 0.488. The van der Waals surface area contributed by atoms with Crippen LogP contribution in [0.2, 0.25) is 0 Å². The second-order valence-corrected chi connectivity index (χ2v) is 6.47. The Balaban J connectivity index is 1.46. The molecule has 0 atom stereocenters. The minimum atomic E-state index is -0.372. The molecule has 0 saturated carbocycles. The number of nitrogens with zero attached hydrogens (tertiary/aromatic N) is 3. The van der Waals surface area contributed by atoms with Crippen molar-refractivity contribution in [3.8, 4) is 0 Å². The molecule has 138 valence electrons. The minimum absolute atomic E-state index is 0.135. The number of hydrogen-bond donors (Lipinski definition) is 3. The predicted octanol–water partition coefficient (Wildman–Crippen LogP) is 1.30. The Labute approximate surface area is 155 Å². The Bertz CT molecular complexity index is 1080. The van der Waals surface area contributed by atoms with E-state index in [1.54, 1.807) is 31.4 Å². The molecule has 0 saturated heterocycles. The zero-order chi connectivity index (χ0) is 18.8. The Hall–Kier alpha value is -3.26. The first-order valence-corrected chi connectivity index (χ1v) is 8.80. The molecule has 27 heavy (non-hydrogen) atoms. The highest BCUT2D eigenvalue weighted by molar-refractivity contribution is 5.89. The van der Waals surface area contributed by atoms with Crippen molar-refractivity contribution in [2.45, 2.75) is 19.5 Å². The number of para-hydroxylation sites is 1. The van der Waals surface area contributed by atoms with Gasteiger partial charge < -0.3 is 16.0 Å². The van der Waals surface area contributed by atoms with Gasteiger partial charge in [-0.2, -0.15) is 0 Å². The van der Waals surface area contributed by atoms with E-state index in [4.69, 9.17) is 0 Å². The molecule has 0 bridgehead atoms. The number of fused-ring (bicyclic) bond motifs is 2. The third-order valence-corrected chi connectivity index (χ3v) is 4.65. The Kier molecular flexibility index (Phi) is 4.55. The van der Waals surface area contributed by atoms with Gasteiger partial charge in [0.25, 0.3) is 5.56 Å². The van der Waals surface area contributed by atoms with E-state index in [2.05, 4.69) is 25.9 Å². The van der Waals surface area contributed by atoms with E-state index < -0.39 is 0 Å². The largest absolute Gasteiger partial charge is 0.331 e. The number of urea groups is 1. The maximum Gasteiger partial charge on any atom is 0.319 e. The van der Waals surface area contributed by atoms with Crippen molar-refractivity contribution >= 4 is 22.6 Å². The average molecular weight is 364 g/mol. The predicted molar refractivity (Wildman–Crippen MR) is 102 cm³/mol. The van der Waals surface area contributed by atoms with Crippen LogP contribution >= 0.6 is 0 Å². The van der Waals surface area contributed by atoms with Crippen LogP contribution < -0.4 is 21.5 Å². The third-order valence-electron chi connectivity index (χ3n) is 4.65. The number of nitrogens with one attached hydrogen (secondary N) is 3. The molecular weight excluding hydrogens is 344 g/mol. The number of carbonyl (C=O) groups excluding carboxylic acids is 1. The molecule has 0 fully saturated rings. The molecule has 8 heteroatoms. The van der Waals surface area contributed by atoms with Gasteiger partial charge in [0.2, 0.25) is 0 Å². The number of benzene rings is 1. The van der Waals surface area contributed by atoms with Gasteiger partial charge in [0, 0.05) is 32.3 Å². The summed E-state index contributed by atoms with van der Waals surface area (Å²) >= 11 is 0. The lowest BCUT2D eigenvalue weighted by Crippen LogP contribution is -2.32. The fourth-order valence-corrected chi connectivity index (χ4v) is 3.17. The molecule has 0 radical (unpaired) electrons. The minimum Gasteiger partial charge on any atom is -0.331 e.